The third kappa shape index (κ3) is 4.03. The largest absolute Gasteiger partial charge is 0.489 e. The Morgan fingerprint density at radius 2 is 1.95 bits per heavy atom. The first-order valence-electron chi connectivity index (χ1n) is 5.95. The number of benzene rings is 2. The smallest absolute Gasteiger partial charge is 0.121 e. The maximum Gasteiger partial charge on any atom is 0.121 e. The minimum absolute atomic E-state index is 0.351. The highest BCUT2D eigenvalue weighted by atomic mass is 35.5. The highest BCUT2D eigenvalue weighted by Gasteiger charge is 2.01. The van der Waals surface area contributed by atoms with Crippen molar-refractivity contribution in [2.45, 2.75) is 6.61 Å². The van der Waals surface area contributed by atoms with E-state index >= 15 is 0 Å². The van der Waals surface area contributed by atoms with Crippen LogP contribution in [-0.4, -0.2) is 6.54 Å². The van der Waals surface area contributed by atoms with E-state index in [1.807, 2.05) is 42.5 Å². The second kappa shape index (κ2) is 6.84. The average Bonchev–Trinajstić information content (AvgIpc) is 2.44. The van der Waals surface area contributed by atoms with E-state index in [2.05, 4.69) is 11.8 Å². The van der Waals surface area contributed by atoms with Crippen LogP contribution in [-0.2, 0) is 6.61 Å². The summed E-state index contributed by atoms with van der Waals surface area (Å²) >= 11 is 5.91. The Morgan fingerprint density at radius 1 is 1.11 bits per heavy atom. The third-order valence-electron chi connectivity index (χ3n) is 2.53. The van der Waals surface area contributed by atoms with Gasteiger partial charge in [0.15, 0.2) is 0 Å². The zero-order valence-corrected chi connectivity index (χ0v) is 11.2. The molecule has 0 amide bonds. The van der Waals surface area contributed by atoms with E-state index in [0.29, 0.717) is 18.2 Å². The lowest BCUT2D eigenvalue weighted by Gasteiger charge is -2.08. The average molecular weight is 272 g/mol. The van der Waals surface area contributed by atoms with Gasteiger partial charge in [-0.2, -0.15) is 0 Å². The molecule has 2 rings (SSSR count). The van der Waals surface area contributed by atoms with Gasteiger partial charge in [0, 0.05) is 16.1 Å². The van der Waals surface area contributed by atoms with Gasteiger partial charge in [0.2, 0.25) is 0 Å². The SMILES string of the molecule is NCC#Cc1ccccc1COc1cccc(Cl)c1. The first-order valence-corrected chi connectivity index (χ1v) is 6.32. The van der Waals surface area contributed by atoms with E-state index in [-0.39, 0.29) is 0 Å². The highest BCUT2D eigenvalue weighted by molar-refractivity contribution is 6.30. The van der Waals surface area contributed by atoms with Gasteiger partial charge in [-0.25, -0.2) is 0 Å². The van der Waals surface area contributed by atoms with Crippen molar-refractivity contribution in [1.29, 1.82) is 0 Å². The number of hydrogen-bond donors (Lipinski definition) is 1. The van der Waals surface area contributed by atoms with Crippen molar-refractivity contribution in [3.8, 4) is 17.6 Å². The number of nitrogens with two attached hydrogens (primary N) is 1. The second-order valence-corrected chi connectivity index (χ2v) is 4.35. The molecule has 19 heavy (non-hydrogen) atoms. The lowest BCUT2D eigenvalue weighted by Crippen LogP contribution is -1.99. The Balaban J connectivity index is 2.11. The Hall–Kier alpha value is -1.95. The lowest BCUT2D eigenvalue weighted by molar-refractivity contribution is 0.306. The molecule has 0 aliphatic carbocycles. The summed E-state index contributed by atoms with van der Waals surface area (Å²) in [5, 5.41) is 0.661. The molecular formula is C16H14ClNO. The molecule has 0 fully saturated rings. The summed E-state index contributed by atoms with van der Waals surface area (Å²) < 4.78 is 5.71. The fourth-order valence-corrected chi connectivity index (χ4v) is 1.81. The van der Waals surface area contributed by atoms with Gasteiger partial charge in [-0.05, 0) is 24.3 Å². The van der Waals surface area contributed by atoms with Crippen molar-refractivity contribution in [1.82, 2.24) is 0 Å². The standard InChI is InChI=1S/C16H14ClNO/c17-15-8-3-9-16(11-15)19-12-14-6-2-1-5-13(14)7-4-10-18/h1-3,5-6,8-9,11H,10,12,18H2. The Kier molecular flexibility index (Phi) is 4.85. The number of rotatable bonds is 3. The molecule has 2 nitrogen and oxygen atoms in total. The molecule has 2 N–H and O–H groups in total. The van der Waals surface area contributed by atoms with E-state index < -0.39 is 0 Å². The molecule has 2 aromatic rings. The Bertz CT molecular complexity index is 613. The molecule has 0 saturated heterocycles. The molecule has 0 bridgehead atoms. The summed E-state index contributed by atoms with van der Waals surface area (Å²) in [6.45, 7) is 0.805. The van der Waals surface area contributed by atoms with Crippen LogP contribution < -0.4 is 10.5 Å². The second-order valence-electron chi connectivity index (χ2n) is 3.91. The predicted molar refractivity (Wildman–Crippen MR) is 78.2 cm³/mol. The maximum atomic E-state index is 5.91. The summed E-state index contributed by atoms with van der Waals surface area (Å²) in [4.78, 5) is 0. The fraction of sp³-hybridized carbons (Fsp3) is 0.125. The van der Waals surface area contributed by atoms with Gasteiger partial charge in [-0.1, -0.05) is 47.7 Å². The quantitative estimate of drug-likeness (QED) is 0.870. The Morgan fingerprint density at radius 3 is 2.74 bits per heavy atom. The first kappa shape index (κ1) is 13.5. The Labute approximate surface area is 118 Å². The predicted octanol–water partition coefficient (Wildman–Crippen LogP) is 3.23. The van der Waals surface area contributed by atoms with Crippen LogP contribution in [0.4, 0.5) is 0 Å². The minimum atomic E-state index is 0.351. The summed E-state index contributed by atoms with van der Waals surface area (Å²) in [5.74, 6) is 6.64. The van der Waals surface area contributed by atoms with Crippen LogP contribution in [0.1, 0.15) is 11.1 Å². The van der Waals surface area contributed by atoms with Gasteiger partial charge in [0.25, 0.3) is 0 Å². The van der Waals surface area contributed by atoms with Crippen LogP contribution in [0.15, 0.2) is 48.5 Å². The van der Waals surface area contributed by atoms with Crippen LogP contribution in [0.25, 0.3) is 0 Å². The zero-order valence-electron chi connectivity index (χ0n) is 10.4. The highest BCUT2D eigenvalue weighted by Crippen LogP contribution is 2.19. The molecular weight excluding hydrogens is 258 g/mol. The molecule has 0 aliphatic heterocycles. The molecule has 0 atom stereocenters. The van der Waals surface area contributed by atoms with Crippen LogP contribution in [0.2, 0.25) is 5.02 Å². The van der Waals surface area contributed by atoms with E-state index in [1.165, 1.54) is 0 Å². The van der Waals surface area contributed by atoms with Crippen LogP contribution in [0, 0.1) is 11.8 Å². The van der Waals surface area contributed by atoms with E-state index in [9.17, 15) is 0 Å². The molecule has 0 aliphatic rings. The van der Waals surface area contributed by atoms with E-state index in [0.717, 1.165) is 16.9 Å². The summed E-state index contributed by atoms with van der Waals surface area (Å²) in [6, 6.07) is 15.2. The number of hydrogen-bond acceptors (Lipinski definition) is 2. The summed E-state index contributed by atoms with van der Waals surface area (Å²) in [7, 11) is 0. The molecule has 0 unspecified atom stereocenters. The van der Waals surface area contributed by atoms with Crippen LogP contribution >= 0.6 is 11.6 Å². The molecule has 0 radical (unpaired) electrons. The number of halogens is 1. The zero-order chi connectivity index (χ0) is 13.5. The fourth-order valence-electron chi connectivity index (χ4n) is 1.63. The van der Waals surface area contributed by atoms with Gasteiger partial charge >= 0.3 is 0 Å². The van der Waals surface area contributed by atoms with Crippen molar-refractivity contribution < 1.29 is 4.74 Å². The van der Waals surface area contributed by atoms with Gasteiger partial charge in [0.1, 0.15) is 12.4 Å². The summed E-state index contributed by atoms with van der Waals surface area (Å²) in [5.41, 5.74) is 7.36. The maximum absolute atomic E-state index is 5.91. The first-order chi connectivity index (χ1) is 9.29. The lowest BCUT2D eigenvalue weighted by atomic mass is 10.1. The number of ether oxygens (including phenoxy) is 1. The third-order valence-corrected chi connectivity index (χ3v) is 2.77. The molecule has 2 aromatic carbocycles. The van der Waals surface area contributed by atoms with E-state index in [4.69, 9.17) is 22.1 Å². The van der Waals surface area contributed by atoms with Crippen molar-refractivity contribution in [2.75, 3.05) is 6.54 Å². The van der Waals surface area contributed by atoms with Crippen LogP contribution in [0.5, 0.6) is 5.75 Å². The van der Waals surface area contributed by atoms with Crippen molar-refractivity contribution in [3.63, 3.8) is 0 Å². The van der Waals surface area contributed by atoms with Crippen LogP contribution in [0.3, 0.4) is 0 Å². The van der Waals surface area contributed by atoms with Gasteiger partial charge in [-0.3, -0.25) is 0 Å². The minimum Gasteiger partial charge on any atom is -0.489 e. The molecule has 0 heterocycles. The van der Waals surface area contributed by atoms with Crippen molar-refractivity contribution in [2.24, 2.45) is 5.73 Å². The van der Waals surface area contributed by atoms with Gasteiger partial charge in [0.05, 0.1) is 6.54 Å². The van der Waals surface area contributed by atoms with Crippen molar-refractivity contribution >= 4 is 11.6 Å². The summed E-state index contributed by atoms with van der Waals surface area (Å²) in [6.07, 6.45) is 0. The topological polar surface area (TPSA) is 35.2 Å². The van der Waals surface area contributed by atoms with Gasteiger partial charge in [-0.15, -0.1) is 0 Å². The van der Waals surface area contributed by atoms with Gasteiger partial charge < -0.3 is 10.5 Å². The molecule has 3 heteroatoms. The molecule has 0 saturated carbocycles. The monoisotopic (exact) mass is 271 g/mol. The molecule has 0 spiro atoms. The molecule has 0 aromatic heterocycles. The van der Waals surface area contributed by atoms with E-state index in [1.54, 1.807) is 6.07 Å². The normalized spacial score (nSPS) is 9.58. The molecule has 96 valence electrons. The van der Waals surface area contributed by atoms with Crippen molar-refractivity contribution in [3.05, 3.63) is 64.7 Å².